The van der Waals surface area contributed by atoms with E-state index in [4.69, 9.17) is 4.74 Å². The Morgan fingerprint density at radius 1 is 1.39 bits per heavy atom. The molecule has 0 bridgehead atoms. The molecule has 0 unspecified atom stereocenters. The maximum Gasteiger partial charge on any atom is 0.337 e. The minimum Gasteiger partial charge on any atom is -0.425 e. The molecule has 0 spiro atoms. The second-order valence-electron chi connectivity index (χ2n) is 5.37. The van der Waals surface area contributed by atoms with E-state index < -0.39 is 11.8 Å². The molecule has 2 aliphatic rings. The van der Waals surface area contributed by atoms with Crippen molar-refractivity contribution in [2.45, 2.75) is 38.9 Å². The van der Waals surface area contributed by atoms with Gasteiger partial charge < -0.3 is 9.84 Å². The summed E-state index contributed by atoms with van der Waals surface area (Å²) in [5.74, 6) is -1.66. The lowest BCUT2D eigenvalue weighted by atomic mass is 9.76. The second kappa shape index (κ2) is 3.45. The van der Waals surface area contributed by atoms with Crippen molar-refractivity contribution in [3.63, 3.8) is 0 Å². The van der Waals surface area contributed by atoms with E-state index in [0.29, 0.717) is 17.6 Å². The summed E-state index contributed by atoms with van der Waals surface area (Å²) >= 11 is 0. The van der Waals surface area contributed by atoms with Gasteiger partial charge in [0, 0.05) is 17.6 Å². The van der Waals surface area contributed by atoms with Crippen molar-refractivity contribution in [1.82, 2.24) is 0 Å². The second-order valence-corrected chi connectivity index (χ2v) is 5.37. The molecule has 0 amide bonds. The van der Waals surface area contributed by atoms with Crippen LogP contribution in [0, 0.1) is 6.92 Å². The van der Waals surface area contributed by atoms with Crippen LogP contribution in [0.5, 0.6) is 0 Å². The Bertz CT molecular complexity index is 585. The number of benzene rings is 1. The summed E-state index contributed by atoms with van der Waals surface area (Å²) in [7, 11) is 0. The minimum atomic E-state index is -1.43. The summed E-state index contributed by atoms with van der Waals surface area (Å²) in [4.78, 5) is 11.7. The predicted molar refractivity (Wildman–Crippen MR) is 67.8 cm³/mol. The maximum atomic E-state index is 11.7. The Hall–Kier alpha value is -1.61. The molecule has 1 aliphatic heterocycles. The van der Waals surface area contributed by atoms with Crippen LogP contribution < -0.4 is 0 Å². The number of aliphatic hydroxyl groups is 1. The van der Waals surface area contributed by atoms with Crippen molar-refractivity contribution >= 4 is 11.5 Å². The summed E-state index contributed by atoms with van der Waals surface area (Å²) in [6, 6.07) is 6.17. The standard InChI is InChI=1S/C15H16O3/c1-8-4-5-11-9(2)7-15(17)13(12(11)6-8)10(3)14(16)18-15/h4-6,9,17H,7H2,1-3H3/t9-,15-/m0/s1. The highest BCUT2D eigenvalue weighted by Crippen LogP contribution is 2.50. The van der Waals surface area contributed by atoms with Crippen LogP contribution in [0.1, 0.15) is 42.9 Å². The zero-order valence-corrected chi connectivity index (χ0v) is 10.8. The van der Waals surface area contributed by atoms with Crippen LogP contribution in [0.15, 0.2) is 23.8 Å². The molecule has 2 atom stereocenters. The van der Waals surface area contributed by atoms with E-state index in [2.05, 4.69) is 12.1 Å². The first-order valence-electron chi connectivity index (χ1n) is 6.20. The molecule has 3 rings (SSSR count). The van der Waals surface area contributed by atoms with E-state index in [1.165, 1.54) is 5.56 Å². The number of esters is 1. The lowest BCUT2D eigenvalue weighted by Crippen LogP contribution is -2.36. The number of carbonyl (C=O) groups excluding carboxylic acids is 1. The van der Waals surface area contributed by atoms with Crippen LogP contribution in [0.4, 0.5) is 0 Å². The van der Waals surface area contributed by atoms with Gasteiger partial charge in [-0.05, 0) is 30.9 Å². The molecule has 1 aromatic carbocycles. The third-order valence-corrected chi connectivity index (χ3v) is 3.93. The smallest absolute Gasteiger partial charge is 0.337 e. The predicted octanol–water partition coefficient (Wildman–Crippen LogP) is 2.52. The lowest BCUT2D eigenvalue weighted by Gasteiger charge is -2.35. The number of carbonyl (C=O) groups is 1. The van der Waals surface area contributed by atoms with E-state index in [1.807, 2.05) is 19.9 Å². The molecule has 0 fully saturated rings. The Kier molecular flexibility index (Phi) is 2.20. The van der Waals surface area contributed by atoms with E-state index >= 15 is 0 Å². The van der Waals surface area contributed by atoms with Crippen molar-refractivity contribution in [2.75, 3.05) is 0 Å². The fourth-order valence-electron chi connectivity index (χ4n) is 3.07. The summed E-state index contributed by atoms with van der Waals surface area (Å²) in [6.07, 6.45) is 0.432. The number of ether oxygens (including phenoxy) is 1. The van der Waals surface area contributed by atoms with Crippen molar-refractivity contribution in [1.29, 1.82) is 0 Å². The molecule has 1 aliphatic carbocycles. The van der Waals surface area contributed by atoms with E-state index in [9.17, 15) is 9.90 Å². The molecule has 94 valence electrons. The first-order chi connectivity index (χ1) is 8.42. The summed E-state index contributed by atoms with van der Waals surface area (Å²) in [6.45, 7) is 5.77. The fraction of sp³-hybridized carbons (Fsp3) is 0.400. The quantitative estimate of drug-likeness (QED) is 0.713. The third kappa shape index (κ3) is 1.37. The zero-order valence-electron chi connectivity index (χ0n) is 10.8. The first-order valence-corrected chi connectivity index (χ1v) is 6.20. The molecule has 1 N–H and O–H groups in total. The van der Waals surface area contributed by atoms with Crippen LogP contribution in [-0.4, -0.2) is 16.9 Å². The highest BCUT2D eigenvalue weighted by molar-refractivity contribution is 6.04. The minimum absolute atomic E-state index is 0.174. The Labute approximate surface area is 106 Å². The van der Waals surface area contributed by atoms with Crippen LogP contribution in [0.25, 0.3) is 5.57 Å². The van der Waals surface area contributed by atoms with Gasteiger partial charge in [-0.25, -0.2) is 4.79 Å². The first kappa shape index (κ1) is 11.5. The summed E-state index contributed by atoms with van der Waals surface area (Å²) < 4.78 is 5.17. The van der Waals surface area contributed by atoms with Gasteiger partial charge in [0.2, 0.25) is 5.79 Å². The van der Waals surface area contributed by atoms with Crippen molar-refractivity contribution in [3.8, 4) is 0 Å². The van der Waals surface area contributed by atoms with E-state index in [0.717, 1.165) is 11.1 Å². The van der Waals surface area contributed by atoms with Gasteiger partial charge in [-0.1, -0.05) is 30.7 Å². The summed E-state index contributed by atoms with van der Waals surface area (Å²) in [5, 5.41) is 10.6. The van der Waals surface area contributed by atoms with Gasteiger partial charge in [-0.15, -0.1) is 0 Å². The SMILES string of the molecule is CC1=C2c3cc(C)ccc3[C@@H](C)C[C@]2(O)OC1=O. The average molecular weight is 244 g/mol. The Morgan fingerprint density at radius 2 is 2.11 bits per heavy atom. The van der Waals surface area contributed by atoms with Gasteiger partial charge in [0.1, 0.15) is 0 Å². The lowest BCUT2D eigenvalue weighted by molar-refractivity contribution is -0.179. The molecule has 1 aromatic rings. The molecular formula is C15H16O3. The number of hydrogen-bond acceptors (Lipinski definition) is 3. The fourth-order valence-corrected chi connectivity index (χ4v) is 3.07. The maximum absolute atomic E-state index is 11.7. The molecule has 0 saturated heterocycles. The molecule has 1 heterocycles. The monoisotopic (exact) mass is 244 g/mol. The Balaban J connectivity index is 2.31. The highest BCUT2D eigenvalue weighted by Gasteiger charge is 2.50. The van der Waals surface area contributed by atoms with Gasteiger partial charge in [0.15, 0.2) is 0 Å². The number of hydrogen-bond donors (Lipinski definition) is 1. The highest BCUT2D eigenvalue weighted by atomic mass is 16.7. The largest absolute Gasteiger partial charge is 0.425 e. The normalized spacial score (nSPS) is 30.0. The molecule has 18 heavy (non-hydrogen) atoms. The molecule has 0 saturated carbocycles. The molecule has 3 heteroatoms. The van der Waals surface area contributed by atoms with Crippen LogP contribution in [0.2, 0.25) is 0 Å². The molecular weight excluding hydrogens is 228 g/mol. The van der Waals surface area contributed by atoms with Crippen molar-refractivity contribution in [3.05, 3.63) is 40.5 Å². The van der Waals surface area contributed by atoms with E-state index in [1.54, 1.807) is 6.92 Å². The van der Waals surface area contributed by atoms with Crippen LogP contribution in [-0.2, 0) is 9.53 Å². The van der Waals surface area contributed by atoms with Gasteiger partial charge in [-0.3, -0.25) is 0 Å². The van der Waals surface area contributed by atoms with Gasteiger partial charge in [0.05, 0.1) is 0 Å². The number of rotatable bonds is 0. The summed E-state index contributed by atoms with van der Waals surface area (Å²) in [5.41, 5.74) is 4.43. The van der Waals surface area contributed by atoms with Crippen molar-refractivity contribution < 1.29 is 14.6 Å². The molecule has 0 radical (unpaired) electrons. The number of aryl methyl sites for hydroxylation is 1. The van der Waals surface area contributed by atoms with Gasteiger partial charge >= 0.3 is 5.97 Å². The van der Waals surface area contributed by atoms with Crippen LogP contribution in [0.3, 0.4) is 0 Å². The van der Waals surface area contributed by atoms with Crippen molar-refractivity contribution in [2.24, 2.45) is 0 Å². The zero-order chi connectivity index (χ0) is 13.1. The van der Waals surface area contributed by atoms with Gasteiger partial charge in [0.25, 0.3) is 0 Å². The number of fused-ring (bicyclic) bond motifs is 3. The van der Waals surface area contributed by atoms with Crippen LogP contribution >= 0.6 is 0 Å². The van der Waals surface area contributed by atoms with Gasteiger partial charge in [-0.2, -0.15) is 0 Å². The molecule has 3 nitrogen and oxygen atoms in total. The topological polar surface area (TPSA) is 46.5 Å². The average Bonchev–Trinajstić information content (AvgIpc) is 2.49. The molecule has 0 aromatic heterocycles. The van der Waals surface area contributed by atoms with E-state index in [-0.39, 0.29) is 5.92 Å². The third-order valence-electron chi connectivity index (χ3n) is 3.93. The Morgan fingerprint density at radius 3 is 2.83 bits per heavy atom.